The van der Waals surface area contributed by atoms with Crippen molar-refractivity contribution in [3.8, 4) is 0 Å². The van der Waals surface area contributed by atoms with E-state index in [-0.39, 0.29) is 19.4 Å². The fraction of sp³-hybridized carbons (Fsp3) is 0.630. The lowest BCUT2D eigenvalue weighted by molar-refractivity contribution is -0.161. The zero-order valence-corrected chi connectivity index (χ0v) is 22.8. The Morgan fingerprint density at radius 2 is 1.33 bits per heavy atom. The second kappa shape index (κ2) is 23.4. The number of ether oxygens (including phenoxy) is 2. The second-order valence-electron chi connectivity index (χ2n) is 8.29. The highest BCUT2D eigenvalue weighted by atomic mass is 31.2. The van der Waals surface area contributed by atoms with Crippen molar-refractivity contribution in [2.75, 3.05) is 13.2 Å². The molecule has 0 saturated heterocycles. The lowest BCUT2D eigenvalue weighted by Gasteiger charge is -2.18. The monoisotopic (exact) mass is 528 g/mol. The number of rotatable bonds is 22. The molecule has 0 aromatic heterocycles. The Morgan fingerprint density at radius 3 is 1.92 bits per heavy atom. The van der Waals surface area contributed by atoms with Gasteiger partial charge in [-0.2, -0.15) is 0 Å². The average molecular weight is 529 g/mol. The summed E-state index contributed by atoms with van der Waals surface area (Å²) in [5, 5.41) is 0. The van der Waals surface area contributed by atoms with Crippen molar-refractivity contribution in [3.05, 3.63) is 48.6 Å². The van der Waals surface area contributed by atoms with E-state index in [4.69, 9.17) is 19.3 Å². The van der Waals surface area contributed by atoms with E-state index in [0.717, 1.165) is 51.4 Å². The molecular weight excluding hydrogens is 483 g/mol. The fourth-order valence-corrected chi connectivity index (χ4v) is 3.33. The van der Waals surface area contributed by atoms with E-state index in [1.165, 1.54) is 0 Å². The third-order valence-corrected chi connectivity index (χ3v) is 5.36. The Kier molecular flexibility index (Phi) is 22.1. The molecule has 0 saturated carbocycles. The minimum Gasteiger partial charge on any atom is -0.462 e. The summed E-state index contributed by atoms with van der Waals surface area (Å²) in [4.78, 5) is 41.9. The molecule has 206 valence electrons. The van der Waals surface area contributed by atoms with Gasteiger partial charge in [0, 0.05) is 12.8 Å². The molecule has 1 unspecified atom stereocenters. The molecule has 0 aromatic carbocycles. The molecule has 0 aliphatic heterocycles. The fourth-order valence-electron chi connectivity index (χ4n) is 2.97. The summed E-state index contributed by atoms with van der Waals surface area (Å²) in [6, 6.07) is 0. The van der Waals surface area contributed by atoms with Crippen LogP contribution in [0.25, 0.3) is 0 Å². The largest absolute Gasteiger partial charge is 0.469 e. The molecule has 2 N–H and O–H groups in total. The molecule has 0 radical (unpaired) electrons. The van der Waals surface area contributed by atoms with Crippen molar-refractivity contribution < 1.29 is 37.9 Å². The number of phosphoric acid groups is 1. The van der Waals surface area contributed by atoms with Crippen molar-refractivity contribution in [3.63, 3.8) is 0 Å². The van der Waals surface area contributed by atoms with Gasteiger partial charge in [-0.25, -0.2) is 4.57 Å². The quantitative estimate of drug-likeness (QED) is 0.0708. The van der Waals surface area contributed by atoms with Gasteiger partial charge in [0.25, 0.3) is 0 Å². The van der Waals surface area contributed by atoms with Gasteiger partial charge in [0.05, 0.1) is 6.61 Å². The molecule has 0 amide bonds. The Bertz CT molecular complexity index is 736. The van der Waals surface area contributed by atoms with Crippen LogP contribution in [-0.2, 0) is 28.2 Å². The lowest BCUT2D eigenvalue weighted by Crippen LogP contribution is -2.29. The maximum absolute atomic E-state index is 12.1. The molecule has 0 rings (SSSR count). The van der Waals surface area contributed by atoms with E-state index >= 15 is 0 Å². The van der Waals surface area contributed by atoms with Crippen LogP contribution in [0.5, 0.6) is 0 Å². The van der Waals surface area contributed by atoms with Gasteiger partial charge < -0.3 is 19.3 Å². The highest BCUT2D eigenvalue weighted by molar-refractivity contribution is 7.46. The van der Waals surface area contributed by atoms with Crippen LogP contribution in [0.2, 0.25) is 0 Å². The summed E-state index contributed by atoms with van der Waals surface area (Å²) < 4.78 is 25.8. The first kappa shape index (κ1) is 34.0. The van der Waals surface area contributed by atoms with Gasteiger partial charge in [0.1, 0.15) is 6.61 Å². The molecule has 1 atom stereocenters. The maximum atomic E-state index is 12.1. The molecule has 36 heavy (non-hydrogen) atoms. The van der Waals surface area contributed by atoms with Gasteiger partial charge in [-0.15, -0.1) is 0 Å². The normalized spacial score (nSPS) is 13.3. The minimum atomic E-state index is -4.75. The van der Waals surface area contributed by atoms with Gasteiger partial charge in [0.15, 0.2) is 6.10 Å². The topological polar surface area (TPSA) is 119 Å². The number of hydrogen-bond acceptors (Lipinski definition) is 6. The van der Waals surface area contributed by atoms with Crippen LogP contribution in [0.4, 0.5) is 0 Å². The number of unbranched alkanes of at least 4 members (excludes halogenated alkanes) is 4. The van der Waals surface area contributed by atoms with Crippen LogP contribution in [-0.4, -0.2) is 41.0 Å². The van der Waals surface area contributed by atoms with Crippen LogP contribution >= 0.6 is 7.82 Å². The smallest absolute Gasteiger partial charge is 0.462 e. The van der Waals surface area contributed by atoms with Crippen molar-refractivity contribution in [2.45, 2.75) is 97.0 Å². The van der Waals surface area contributed by atoms with Crippen LogP contribution in [0, 0.1) is 0 Å². The van der Waals surface area contributed by atoms with Crippen LogP contribution in [0.3, 0.4) is 0 Å². The molecule has 0 heterocycles. The van der Waals surface area contributed by atoms with E-state index in [0.29, 0.717) is 12.8 Å². The van der Waals surface area contributed by atoms with Crippen LogP contribution in [0.15, 0.2) is 48.6 Å². The van der Waals surface area contributed by atoms with Crippen LogP contribution in [0.1, 0.15) is 90.9 Å². The van der Waals surface area contributed by atoms with Crippen molar-refractivity contribution >= 4 is 19.8 Å². The summed E-state index contributed by atoms with van der Waals surface area (Å²) in [5.74, 6) is -1.00. The highest BCUT2D eigenvalue weighted by Crippen LogP contribution is 2.35. The zero-order valence-electron chi connectivity index (χ0n) is 21.9. The number of allylic oxidation sites excluding steroid dienone is 8. The zero-order chi connectivity index (χ0) is 26.9. The molecule has 0 bridgehead atoms. The molecule has 0 fully saturated rings. The van der Waals surface area contributed by atoms with Gasteiger partial charge in [-0.05, 0) is 38.5 Å². The molecule has 8 nitrogen and oxygen atoms in total. The Morgan fingerprint density at radius 1 is 0.750 bits per heavy atom. The lowest BCUT2D eigenvalue weighted by atomic mass is 10.1. The van der Waals surface area contributed by atoms with E-state index < -0.39 is 32.5 Å². The Hall–Kier alpha value is -1.99. The minimum absolute atomic E-state index is 0.0893. The summed E-state index contributed by atoms with van der Waals surface area (Å²) in [6.45, 7) is 3.34. The first-order valence-corrected chi connectivity index (χ1v) is 14.5. The van der Waals surface area contributed by atoms with Gasteiger partial charge in [-0.3, -0.25) is 14.1 Å². The molecule has 9 heteroatoms. The summed E-state index contributed by atoms with van der Waals surface area (Å²) >= 11 is 0. The summed E-state index contributed by atoms with van der Waals surface area (Å²) in [5.41, 5.74) is 0. The highest BCUT2D eigenvalue weighted by Gasteiger charge is 2.22. The van der Waals surface area contributed by atoms with Crippen molar-refractivity contribution in [2.24, 2.45) is 0 Å². The molecule has 0 aromatic rings. The molecule has 0 aliphatic rings. The van der Waals surface area contributed by atoms with Crippen LogP contribution < -0.4 is 0 Å². The Labute approximate surface area is 216 Å². The SMILES string of the molecule is CC/C=C\C/C=C\C/C=C\C/C=C\CCC(=O)OC(COC(=O)CCCCCCC)COP(=O)(O)O. The predicted octanol–water partition coefficient (Wildman–Crippen LogP) is 6.50. The summed E-state index contributed by atoms with van der Waals surface area (Å²) in [7, 11) is -4.75. The maximum Gasteiger partial charge on any atom is 0.469 e. The third kappa shape index (κ3) is 25.1. The third-order valence-electron chi connectivity index (χ3n) is 4.88. The molecule has 0 aliphatic carbocycles. The van der Waals surface area contributed by atoms with E-state index in [9.17, 15) is 14.2 Å². The number of carbonyl (C=O) groups is 2. The number of carbonyl (C=O) groups excluding carboxylic acids is 2. The molecular formula is C27H45O8P. The van der Waals surface area contributed by atoms with Gasteiger partial charge >= 0.3 is 19.8 Å². The average Bonchev–Trinajstić information content (AvgIpc) is 2.83. The second-order valence-corrected chi connectivity index (χ2v) is 9.52. The van der Waals surface area contributed by atoms with E-state index in [1.807, 2.05) is 12.2 Å². The molecule has 0 spiro atoms. The number of hydrogen-bond donors (Lipinski definition) is 2. The van der Waals surface area contributed by atoms with Crippen molar-refractivity contribution in [1.29, 1.82) is 0 Å². The first-order chi connectivity index (χ1) is 17.3. The van der Waals surface area contributed by atoms with E-state index in [2.05, 4.69) is 54.8 Å². The summed E-state index contributed by atoms with van der Waals surface area (Å²) in [6.07, 6.45) is 24.7. The first-order valence-electron chi connectivity index (χ1n) is 12.9. The number of phosphoric ester groups is 1. The van der Waals surface area contributed by atoms with E-state index in [1.54, 1.807) is 0 Å². The van der Waals surface area contributed by atoms with Gasteiger partial charge in [-0.1, -0.05) is 88.1 Å². The standard InChI is InChI=1S/C27H45O8P/c1-3-5-7-9-10-11-12-13-14-15-16-18-20-22-27(29)35-25(24-34-36(30,31)32)23-33-26(28)21-19-17-8-6-4-2/h5,7,10-11,13-14,16,18,25H,3-4,6,8-9,12,15,17,19-24H2,1-2H3,(H2,30,31,32)/b7-5-,11-10-,14-13-,18-16-. The van der Waals surface area contributed by atoms with Crippen molar-refractivity contribution in [1.82, 2.24) is 0 Å². The van der Waals surface area contributed by atoms with Gasteiger partial charge in [0.2, 0.25) is 0 Å². The number of esters is 2. The predicted molar refractivity (Wildman–Crippen MR) is 142 cm³/mol. The Balaban J connectivity index is 4.27.